The molecule has 6 nitrogen and oxygen atoms in total. The highest BCUT2D eigenvalue weighted by Gasteiger charge is 2.15. The van der Waals surface area contributed by atoms with Gasteiger partial charge >= 0.3 is 0 Å². The summed E-state index contributed by atoms with van der Waals surface area (Å²) in [5, 5.41) is 2.11. The van der Waals surface area contributed by atoms with Gasteiger partial charge in [0.2, 0.25) is 0 Å². The van der Waals surface area contributed by atoms with Crippen molar-refractivity contribution in [1.82, 2.24) is 24.9 Å². The molecule has 0 saturated heterocycles. The third kappa shape index (κ3) is 5.97. The molecule has 0 saturated carbocycles. The molecule has 3 heterocycles. The van der Waals surface area contributed by atoms with Gasteiger partial charge in [0.1, 0.15) is 11.2 Å². The smallest absolute Gasteiger partial charge is 0.164 e. The van der Waals surface area contributed by atoms with Crippen LogP contribution in [-0.4, -0.2) is 24.9 Å². The quantitative estimate of drug-likeness (QED) is 0.159. The maximum Gasteiger partial charge on any atom is 0.164 e. The molecule has 57 heavy (non-hydrogen) atoms. The van der Waals surface area contributed by atoms with E-state index in [9.17, 15) is 0 Å². The zero-order chi connectivity index (χ0) is 37.7. The van der Waals surface area contributed by atoms with Crippen molar-refractivity contribution in [1.29, 1.82) is 0 Å². The van der Waals surface area contributed by atoms with Crippen LogP contribution in [0.25, 0.3) is 112 Å². The van der Waals surface area contributed by atoms with Gasteiger partial charge in [0, 0.05) is 39.1 Å². The molecule has 266 valence electrons. The third-order valence-corrected chi connectivity index (χ3v) is 10.5. The van der Waals surface area contributed by atoms with E-state index in [0.29, 0.717) is 17.5 Å². The van der Waals surface area contributed by atoms with Crippen molar-refractivity contribution in [3.8, 4) is 67.5 Å². The van der Waals surface area contributed by atoms with Gasteiger partial charge < -0.3 is 4.42 Å². The number of para-hydroxylation sites is 2. The van der Waals surface area contributed by atoms with Crippen molar-refractivity contribution in [3.63, 3.8) is 0 Å². The fourth-order valence-corrected chi connectivity index (χ4v) is 7.62. The van der Waals surface area contributed by atoms with Crippen LogP contribution in [0, 0.1) is 0 Å². The van der Waals surface area contributed by atoms with Gasteiger partial charge in [-0.1, -0.05) is 158 Å². The lowest BCUT2D eigenvalue weighted by atomic mass is 9.97. The van der Waals surface area contributed by atoms with Crippen LogP contribution < -0.4 is 0 Å². The van der Waals surface area contributed by atoms with E-state index < -0.39 is 0 Å². The minimum absolute atomic E-state index is 0.619. The molecule has 3 aromatic heterocycles. The van der Waals surface area contributed by atoms with Crippen LogP contribution in [0.2, 0.25) is 0 Å². The molecular formula is C51H31N5O. The number of rotatable bonds is 6. The summed E-state index contributed by atoms with van der Waals surface area (Å²) in [6.45, 7) is 0. The van der Waals surface area contributed by atoms with Gasteiger partial charge in [-0.3, -0.25) is 0 Å². The highest BCUT2D eigenvalue weighted by molar-refractivity contribution is 6.10. The molecule has 11 aromatic rings. The largest absolute Gasteiger partial charge is 0.456 e. The first-order valence-corrected chi connectivity index (χ1v) is 18.9. The van der Waals surface area contributed by atoms with Crippen LogP contribution in [0.3, 0.4) is 0 Å². The van der Waals surface area contributed by atoms with Crippen LogP contribution >= 0.6 is 0 Å². The van der Waals surface area contributed by atoms with Crippen molar-refractivity contribution >= 4 is 44.0 Å². The Kier molecular flexibility index (Phi) is 7.71. The minimum Gasteiger partial charge on any atom is -0.456 e. The molecule has 8 aromatic carbocycles. The van der Waals surface area contributed by atoms with E-state index in [-0.39, 0.29) is 0 Å². The number of nitrogens with zero attached hydrogens (tertiary/aromatic N) is 5. The summed E-state index contributed by atoms with van der Waals surface area (Å²) in [6.07, 6.45) is 0. The van der Waals surface area contributed by atoms with Gasteiger partial charge in [0.15, 0.2) is 17.5 Å². The Labute approximate surface area is 327 Å². The normalized spacial score (nSPS) is 11.5. The lowest BCUT2D eigenvalue weighted by Gasteiger charge is -2.11. The molecule has 0 N–H and O–H groups in total. The second kappa shape index (κ2) is 13.5. The van der Waals surface area contributed by atoms with Crippen LogP contribution in [0.1, 0.15) is 0 Å². The lowest BCUT2D eigenvalue weighted by molar-refractivity contribution is 0.669. The molecule has 0 fully saturated rings. The molecule has 0 bridgehead atoms. The van der Waals surface area contributed by atoms with E-state index in [1.165, 1.54) is 5.56 Å². The first-order valence-electron chi connectivity index (χ1n) is 18.9. The van der Waals surface area contributed by atoms with Gasteiger partial charge in [0.05, 0.1) is 22.1 Å². The molecule has 6 heteroatoms. The Morgan fingerprint density at radius 3 is 1.49 bits per heavy atom. The average Bonchev–Trinajstić information content (AvgIpc) is 3.65. The summed E-state index contributed by atoms with van der Waals surface area (Å²) >= 11 is 0. The first kappa shape index (κ1) is 32.6. The molecular weight excluding hydrogens is 699 g/mol. The summed E-state index contributed by atoms with van der Waals surface area (Å²) in [6, 6.07) is 64.2. The van der Waals surface area contributed by atoms with Gasteiger partial charge in [-0.2, -0.15) is 0 Å². The number of furan rings is 1. The minimum atomic E-state index is 0.619. The summed E-state index contributed by atoms with van der Waals surface area (Å²) in [5.41, 5.74) is 14.4. The van der Waals surface area contributed by atoms with E-state index in [1.54, 1.807) is 0 Å². The molecule has 0 unspecified atom stereocenters. The highest BCUT2D eigenvalue weighted by atomic mass is 16.3. The van der Waals surface area contributed by atoms with Crippen LogP contribution in [-0.2, 0) is 0 Å². The zero-order valence-electron chi connectivity index (χ0n) is 30.5. The number of hydrogen-bond donors (Lipinski definition) is 0. The van der Waals surface area contributed by atoms with Gasteiger partial charge in [-0.25, -0.2) is 24.9 Å². The molecule has 0 spiro atoms. The summed E-state index contributed by atoms with van der Waals surface area (Å²) < 4.78 is 6.14. The van der Waals surface area contributed by atoms with E-state index >= 15 is 0 Å². The van der Waals surface area contributed by atoms with E-state index in [2.05, 4.69) is 115 Å². The molecule has 0 aliphatic rings. The standard InChI is InChI=1S/C51H31N5O/c1-3-11-32(12-4-1)33-21-25-36(26-22-33)50-54-49(35-13-5-2-6-14-35)55-51(56-50)37-27-23-34(24-28-37)38-15-9-16-39(29-38)40-18-10-19-43-48(40)53-44-30-42-41-17-7-8-20-46(41)57-47(42)31-45(44)52-43/h1-31H. The second-order valence-electron chi connectivity index (χ2n) is 14.1. The predicted octanol–water partition coefficient (Wildman–Crippen LogP) is 12.9. The molecule has 0 aliphatic heterocycles. The number of aromatic nitrogens is 5. The fourth-order valence-electron chi connectivity index (χ4n) is 7.62. The molecule has 0 aliphatic carbocycles. The number of fused-ring (bicyclic) bond motifs is 5. The van der Waals surface area contributed by atoms with E-state index in [1.807, 2.05) is 72.8 Å². The predicted molar refractivity (Wildman–Crippen MR) is 230 cm³/mol. The number of hydrogen-bond acceptors (Lipinski definition) is 6. The van der Waals surface area contributed by atoms with Crippen LogP contribution in [0.4, 0.5) is 0 Å². The molecule has 0 radical (unpaired) electrons. The third-order valence-electron chi connectivity index (χ3n) is 10.5. The Morgan fingerprint density at radius 1 is 0.281 bits per heavy atom. The number of benzene rings is 8. The van der Waals surface area contributed by atoms with Crippen LogP contribution in [0.15, 0.2) is 192 Å². The van der Waals surface area contributed by atoms with Crippen molar-refractivity contribution < 1.29 is 4.42 Å². The van der Waals surface area contributed by atoms with Gasteiger partial charge in [0.25, 0.3) is 0 Å². The van der Waals surface area contributed by atoms with Crippen molar-refractivity contribution in [2.45, 2.75) is 0 Å². The molecule has 0 atom stereocenters. The maximum atomic E-state index is 6.14. The van der Waals surface area contributed by atoms with E-state index in [0.717, 1.165) is 88.5 Å². The van der Waals surface area contributed by atoms with Gasteiger partial charge in [-0.05, 0) is 52.1 Å². The Morgan fingerprint density at radius 2 is 0.789 bits per heavy atom. The molecule has 0 amide bonds. The lowest BCUT2D eigenvalue weighted by Crippen LogP contribution is -2.00. The van der Waals surface area contributed by atoms with Crippen molar-refractivity contribution in [2.24, 2.45) is 0 Å². The van der Waals surface area contributed by atoms with Crippen molar-refractivity contribution in [3.05, 3.63) is 188 Å². The summed E-state index contributed by atoms with van der Waals surface area (Å²) in [5.74, 6) is 1.88. The monoisotopic (exact) mass is 729 g/mol. The Hall–Kier alpha value is -7.83. The SMILES string of the molecule is c1ccc(-c2ccc(-c3nc(-c4ccccc4)nc(-c4ccc(-c5cccc(-c6cccc7nc8cc9oc%10ccccc%10c9cc8nc67)c5)cc4)n3)cc2)cc1. The van der Waals surface area contributed by atoms with Crippen LogP contribution in [0.5, 0.6) is 0 Å². The fraction of sp³-hybridized carbons (Fsp3) is 0. The second-order valence-corrected chi connectivity index (χ2v) is 14.1. The first-order chi connectivity index (χ1) is 28.2. The molecule has 11 rings (SSSR count). The average molecular weight is 730 g/mol. The summed E-state index contributed by atoms with van der Waals surface area (Å²) in [4.78, 5) is 25.1. The Balaban J connectivity index is 0.943. The summed E-state index contributed by atoms with van der Waals surface area (Å²) in [7, 11) is 0. The zero-order valence-corrected chi connectivity index (χ0v) is 30.5. The maximum absolute atomic E-state index is 6.14. The van der Waals surface area contributed by atoms with E-state index in [4.69, 9.17) is 29.3 Å². The van der Waals surface area contributed by atoms with Crippen molar-refractivity contribution in [2.75, 3.05) is 0 Å². The highest BCUT2D eigenvalue weighted by Crippen LogP contribution is 2.35. The van der Waals surface area contributed by atoms with Gasteiger partial charge in [-0.15, -0.1) is 0 Å². The topological polar surface area (TPSA) is 77.6 Å². The Bertz CT molecular complexity index is 3270.